The molecule has 2 heterocycles. The minimum Gasteiger partial charge on any atom is -0.395 e. The van der Waals surface area contributed by atoms with Crippen LogP contribution in [0.5, 0.6) is 0 Å². The summed E-state index contributed by atoms with van der Waals surface area (Å²) in [4.78, 5) is 30.7. The van der Waals surface area contributed by atoms with Crippen LogP contribution in [-0.4, -0.2) is 42.8 Å². The maximum atomic E-state index is 12.7. The lowest BCUT2D eigenvalue weighted by Crippen LogP contribution is -2.40. The lowest BCUT2D eigenvalue weighted by molar-refractivity contribution is -0.141. The van der Waals surface area contributed by atoms with E-state index in [1.165, 1.54) is 4.90 Å². The molecule has 0 aliphatic carbocycles. The molecule has 2 atom stereocenters. The summed E-state index contributed by atoms with van der Waals surface area (Å²) in [6, 6.07) is 29.8. The van der Waals surface area contributed by atoms with Crippen LogP contribution in [0, 0.1) is 0 Å². The van der Waals surface area contributed by atoms with Gasteiger partial charge in [0.1, 0.15) is 5.54 Å². The normalized spacial score (nSPS) is 15.8. The van der Waals surface area contributed by atoms with Crippen molar-refractivity contribution in [2.75, 3.05) is 6.61 Å². The van der Waals surface area contributed by atoms with E-state index in [0.717, 1.165) is 16.7 Å². The van der Waals surface area contributed by atoms with E-state index < -0.39 is 16.4 Å². The first-order valence-corrected chi connectivity index (χ1v) is 12.8. The fraction of sp³-hybridized carbons (Fsp3) is 0.207. The van der Waals surface area contributed by atoms with E-state index >= 15 is 0 Å². The average Bonchev–Trinajstić information content (AvgIpc) is 3.54. The Morgan fingerprint density at radius 1 is 0.806 bits per heavy atom. The summed E-state index contributed by atoms with van der Waals surface area (Å²) in [6.45, 7) is -0.254. The lowest BCUT2D eigenvalue weighted by atomic mass is 9.77. The maximum Gasteiger partial charge on any atom is 0.230 e. The molecule has 1 N–H and O–H groups in total. The number of benzene rings is 3. The molecule has 2 unspecified atom stereocenters. The molecule has 5 rings (SSSR count). The highest BCUT2D eigenvalue weighted by molar-refractivity contribution is 9.09. The zero-order valence-corrected chi connectivity index (χ0v) is 21.2. The molecule has 36 heavy (non-hydrogen) atoms. The van der Waals surface area contributed by atoms with Gasteiger partial charge in [-0.25, -0.2) is 4.98 Å². The van der Waals surface area contributed by atoms with Crippen LogP contribution in [0.2, 0.25) is 0 Å². The molecule has 2 amide bonds. The summed E-state index contributed by atoms with van der Waals surface area (Å²) < 4.78 is 2.04. The van der Waals surface area contributed by atoms with Gasteiger partial charge in [0.25, 0.3) is 0 Å². The van der Waals surface area contributed by atoms with E-state index in [4.69, 9.17) is 4.98 Å². The molecule has 1 fully saturated rings. The number of aromatic nitrogens is 2. The number of halogens is 1. The van der Waals surface area contributed by atoms with Gasteiger partial charge in [0, 0.05) is 19.0 Å². The van der Waals surface area contributed by atoms with Crippen LogP contribution < -0.4 is 0 Å². The Morgan fingerprint density at radius 3 is 1.67 bits per heavy atom. The summed E-state index contributed by atoms with van der Waals surface area (Å²) in [5.74, 6) is -0.504. The summed E-state index contributed by atoms with van der Waals surface area (Å²) in [6.07, 6.45) is 3.98. The molecule has 1 aliphatic heterocycles. The van der Waals surface area contributed by atoms with E-state index in [2.05, 4.69) is 52.3 Å². The van der Waals surface area contributed by atoms with Crippen molar-refractivity contribution < 1.29 is 14.7 Å². The van der Waals surface area contributed by atoms with Gasteiger partial charge in [-0.15, -0.1) is 0 Å². The van der Waals surface area contributed by atoms with Gasteiger partial charge >= 0.3 is 0 Å². The predicted molar refractivity (Wildman–Crippen MR) is 140 cm³/mol. The van der Waals surface area contributed by atoms with Gasteiger partial charge in [0.05, 0.1) is 29.5 Å². The fourth-order valence-corrected chi connectivity index (χ4v) is 5.65. The molecular weight excluding hydrogens is 518 g/mol. The summed E-state index contributed by atoms with van der Waals surface area (Å²) in [7, 11) is 0. The predicted octanol–water partition coefficient (Wildman–Crippen LogP) is 4.67. The molecule has 4 aromatic rings. The topological polar surface area (TPSA) is 75.4 Å². The molecule has 6 nitrogen and oxygen atoms in total. The van der Waals surface area contributed by atoms with Crippen LogP contribution in [0.4, 0.5) is 0 Å². The molecule has 0 radical (unpaired) electrons. The third-order valence-corrected chi connectivity index (χ3v) is 7.54. The number of alkyl halides is 1. The quantitative estimate of drug-likeness (QED) is 0.199. The SMILES string of the molecule is O=C1CCC(=O)N1C(c1cn(C(c2ccccc2)(c2ccccc2)c2ccccc2)cn1)C(Br)CO. The molecule has 0 bridgehead atoms. The van der Waals surface area contributed by atoms with Crippen molar-refractivity contribution in [1.82, 2.24) is 14.5 Å². The molecule has 7 heteroatoms. The monoisotopic (exact) mass is 543 g/mol. The number of likely N-dealkylation sites (tertiary alicyclic amines) is 1. The van der Waals surface area contributed by atoms with Crippen molar-refractivity contribution >= 4 is 27.7 Å². The number of carbonyl (C=O) groups is 2. The number of carbonyl (C=O) groups excluding carboxylic acids is 2. The Hall–Kier alpha value is -3.55. The highest BCUT2D eigenvalue weighted by Gasteiger charge is 2.42. The van der Waals surface area contributed by atoms with Gasteiger partial charge in [-0.2, -0.15) is 0 Å². The van der Waals surface area contributed by atoms with Crippen molar-refractivity contribution in [2.45, 2.75) is 29.2 Å². The Labute approximate surface area is 218 Å². The van der Waals surface area contributed by atoms with Crippen LogP contribution in [-0.2, 0) is 15.1 Å². The van der Waals surface area contributed by atoms with Crippen molar-refractivity contribution in [3.05, 3.63) is 126 Å². The van der Waals surface area contributed by atoms with E-state index in [9.17, 15) is 14.7 Å². The number of aliphatic hydroxyl groups excluding tert-OH is 1. The van der Waals surface area contributed by atoms with Crippen LogP contribution in [0.1, 0.15) is 41.3 Å². The number of amides is 2. The second-order valence-corrected chi connectivity index (χ2v) is 9.99. The second kappa shape index (κ2) is 10.2. The third-order valence-electron chi connectivity index (χ3n) is 6.75. The van der Waals surface area contributed by atoms with Crippen LogP contribution in [0.3, 0.4) is 0 Å². The number of rotatable bonds is 8. The van der Waals surface area contributed by atoms with Gasteiger partial charge in [0.2, 0.25) is 11.8 Å². The molecule has 1 saturated heterocycles. The van der Waals surface area contributed by atoms with Gasteiger partial charge < -0.3 is 9.67 Å². The number of imide groups is 1. The summed E-state index contributed by atoms with van der Waals surface area (Å²) in [5.41, 5.74) is 2.87. The van der Waals surface area contributed by atoms with Crippen molar-refractivity contribution in [3.8, 4) is 0 Å². The standard InChI is InChI=1S/C29H26BrN3O3/c30-24(19-34)28(33-26(35)16-17-27(33)36)25-18-32(20-31-25)29(21-10-4-1-5-11-21,22-12-6-2-7-13-22)23-14-8-3-9-15-23/h1-15,18,20,24,28,34H,16-17,19H2. The molecule has 3 aromatic carbocycles. The number of hydrogen-bond acceptors (Lipinski definition) is 4. The number of imidazole rings is 1. The zero-order chi connectivity index (χ0) is 25.1. The number of hydrogen-bond donors (Lipinski definition) is 1. The van der Waals surface area contributed by atoms with Gasteiger partial charge in [-0.1, -0.05) is 107 Å². The first kappa shape index (κ1) is 24.2. The number of aliphatic hydroxyl groups is 1. The molecule has 1 aromatic heterocycles. The minimum atomic E-state index is -0.764. The van der Waals surface area contributed by atoms with E-state index in [1.54, 1.807) is 6.33 Å². The number of nitrogens with zero attached hydrogens (tertiary/aromatic N) is 3. The fourth-order valence-electron chi connectivity index (χ4n) is 5.14. The van der Waals surface area contributed by atoms with Crippen molar-refractivity contribution in [1.29, 1.82) is 0 Å². The van der Waals surface area contributed by atoms with Gasteiger partial charge in [0.15, 0.2) is 0 Å². The molecule has 0 spiro atoms. The van der Waals surface area contributed by atoms with Crippen LogP contribution >= 0.6 is 15.9 Å². The Kier molecular flexibility index (Phi) is 6.85. The smallest absolute Gasteiger partial charge is 0.230 e. The minimum absolute atomic E-state index is 0.170. The molecule has 0 saturated carbocycles. The third kappa shape index (κ3) is 4.08. The van der Waals surface area contributed by atoms with Crippen molar-refractivity contribution in [2.24, 2.45) is 0 Å². The van der Waals surface area contributed by atoms with Gasteiger partial charge in [-0.05, 0) is 16.7 Å². The second-order valence-electron chi connectivity index (χ2n) is 8.82. The van der Waals surface area contributed by atoms with Crippen LogP contribution in [0.25, 0.3) is 0 Å². The average molecular weight is 544 g/mol. The van der Waals surface area contributed by atoms with Gasteiger partial charge in [-0.3, -0.25) is 14.5 Å². The molecular formula is C29H26BrN3O3. The largest absolute Gasteiger partial charge is 0.395 e. The molecule has 1 aliphatic rings. The highest BCUT2D eigenvalue weighted by Crippen LogP contribution is 2.42. The Bertz CT molecular complexity index is 1230. The highest BCUT2D eigenvalue weighted by atomic mass is 79.9. The Morgan fingerprint density at radius 2 is 1.25 bits per heavy atom. The summed E-state index contributed by atoms with van der Waals surface area (Å²) in [5, 5.41) is 9.97. The first-order chi connectivity index (χ1) is 17.6. The Balaban J connectivity index is 1.75. The summed E-state index contributed by atoms with van der Waals surface area (Å²) >= 11 is 3.49. The first-order valence-electron chi connectivity index (χ1n) is 11.9. The zero-order valence-electron chi connectivity index (χ0n) is 19.6. The van der Waals surface area contributed by atoms with Crippen molar-refractivity contribution in [3.63, 3.8) is 0 Å². The van der Waals surface area contributed by atoms with Crippen LogP contribution in [0.15, 0.2) is 104 Å². The lowest BCUT2D eigenvalue weighted by Gasteiger charge is -2.37. The maximum absolute atomic E-state index is 12.7. The molecule has 182 valence electrons. The van der Waals surface area contributed by atoms with E-state index in [0.29, 0.717) is 5.69 Å². The van der Waals surface area contributed by atoms with E-state index in [-0.39, 0.29) is 31.3 Å². The van der Waals surface area contributed by atoms with E-state index in [1.807, 2.05) is 65.4 Å².